The fourth-order valence-electron chi connectivity index (χ4n) is 2.99. The molecule has 1 aromatic heterocycles. The van der Waals surface area contributed by atoms with E-state index < -0.39 is 0 Å². The van der Waals surface area contributed by atoms with Gasteiger partial charge in [-0.15, -0.1) is 0 Å². The Labute approximate surface area is 111 Å². The van der Waals surface area contributed by atoms with Crippen LogP contribution in [-0.2, 0) is 6.54 Å². The van der Waals surface area contributed by atoms with Crippen LogP contribution in [0.1, 0.15) is 57.1 Å². The number of aryl methyl sites for hydroxylation is 2. The van der Waals surface area contributed by atoms with Gasteiger partial charge in [-0.25, -0.2) is 0 Å². The van der Waals surface area contributed by atoms with Gasteiger partial charge in [-0.05, 0) is 52.0 Å². The summed E-state index contributed by atoms with van der Waals surface area (Å²) >= 11 is 0. The molecule has 102 valence electrons. The van der Waals surface area contributed by atoms with Crippen LogP contribution in [0, 0.1) is 25.2 Å². The first-order chi connectivity index (χ1) is 8.36. The van der Waals surface area contributed by atoms with Crippen LogP contribution < -0.4 is 5.32 Å². The maximum Gasteiger partial charge on any atom is 0.0644 e. The molecule has 2 unspecified atom stereocenters. The summed E-state index contributed by atoms with van der Waals surface area (Å²) in [5.74, 6) is 0.849. The third kappa shape index (κ3) is 2.46. The summed E-state index contributed by atoms with van der Waals surface area (Å²) in [5.41, 5.74) is 4.43. The highest BCUT2D eigenvalue weighted by molar-refractivity contribution is 5.27. The second-order valence-corrected chi connectivity index (χ2v) is 6.42. The summed E-state index contributed by atoms with van der Waals surface area (Å²) in [5, 5.41) is 8.28. The zero-order chi connectivity index (χ0) is 13.5. The van der Waals surface area contributed by atoms with E-state index in [-0.39, 0.29) is 0 Å². The molecule has 1 saturated carbocycles. The Bertz CT molecular complexity index is 431. The highest BCUT2D eigenvalue weighted by Gasteiger charge is 2.45. The van der Waals surface area contributed by atoms with Crippen molar-refractivity contribution in [3.63, 3.8) is 0 Å². The summed E-state index contributed by atoms with van der Waals surface area (Å²) in [4.78, 5) is 0. The normalized spacial score (nSPS) is 23.1. The van der Waals surface area contributed by atoms with E-state index in [1.807, 2.05) is 0 Å². The first kappa shape index (κ1) is 13.6. The Kier molecular flexibility index (Phi) is 3.54. The highest BCUT2D eigenvalue weighted by atomic mass is 15.3. The van der Waals surface area contributed by atoms with Crippen molar-refractivity contribution < 1.29 is 0 Å². The quantitative estimate of drug-likeness (QED) is 0.868. The van der Waals surface area contributed by atoms with E-state index in [0.717, 1.165) is 19.0 Å². The third-order valence-corrected chi connectivity index (χ3v) is 4.56. The lowest BCUT2D eigenvalue weighted by Gasteiger charge is -2.15. The lowest BCUT2D eigenvalue weighted by atomic mass is 10.1. The molecule has 1 aromatic rings. The molecule has 1 aliphatic rings. The van der Waals surface area contributed by atoms with Gasteiger partial charge < -0.3 is 5.32 Å². The highest BCUT2D eigenvalue weighted by Crippen LogP contribution is 2.51. The zero-order valence-electron chi connectivity index (χ0n) is 12.7. The van der Waals surface area contributed by atoms with E-state index in [1.54, 1.807) is 0 Å². The van der Waals surface area contributed by atoms with Gasteiger partial charge >= 0.3 is 0 Å². The molecule has 0 aromatic carbocycles. The summed E-state index contributed by atoms with van der Waals surface area (Å²) in [6, 6.07) is 0.404. The predicted octanol–water partition coefficient (Wildman–Crippen LogP) is 3.22. The van der Waals surface area contributed by atoms with Crippen molar-refractivity contribution in [2.75, 3.05) is 6.54 Å². The van der Waals surface area contributed by atoms with Crippen molar-refractivity contribution >= 4 is 0 Å². The molecule has 3 nitrogen and oxygen atoms in total. The van der Waals surface area contributed by atoms with Crippen molar-refractivity contribution in [3.05, 3.63) is 17.0 Å². The maximum atomic E-state index is 4.60. The minimum atomic E-state index is 0.404. The number of nitrogens with one attached hydrogen (secondary N) is 1. The minimum Gasteiger partial charge on any atom is -0.310 e. The van der Waals surface area contributed by atoms with Gasteiger partial charge in [0.2, 0.25) is 0 Å². The van der Waals surface area contributed by atoms with E-state index in [0.29, 0.717) is 11.5 Å². The number of nitrogens with zero attached hydrogens (tertiary/aromatic N) is 2. The van der Waals surface area contributed by atoms with Gasteiger partial charge in [0.25, 0.3) is 0 Å². The summed E-state index contributed by atoms with van der Waals surface area (Å²) in [6.45, 7) is 15.5. The molecule has 2 atom stereocenters. The predicted molar refractivity (Wildman–Crippen MR) is 75.7 cm³/mol. The molecule has 2 rings (SSSR count). The molecule has 0 saturated heterocycles. The molecule has 0 spiro atoms. The second-order valence-electron chi connectivity index (χ2n) is 6.42. The molecule has 0 radical (unpaired) electrons. The van der Waals surface area contributed by atoms with Gasteiger partial charge in [-0.2, -0.15) is 5.10 Å². The Balaban J connectivity index is 2.00. The van der Waals surface area contributed by atoms with Crippen molar-refractivity contribution in [2.24, 2.45) is 11.3 Å². The van der Waals surface area contributed by atoms with Gasteiger partial charge in [0.1, 0.15) is 0 Å². The molecule has 3 heteroatoms. The van der Waals surface area contributed by atoms with Gasteiger partial charge in [0.05, 0.1) is 5.69 Å². The number of hydrogen-bond donors (Lipinski definition) is 1. The van der Waals surface area contributed by atoms with Crippen LogP contribution in [0.15, 0.2) is 0 Å². The van der Waals surface area contributed by atoms with Crippen molar-refractivity contribution in [3.8, 4) is 0 Å². The van der Waals surface area contributed by atoms with Crippen LogP contribution in [0.2, 0.25) is 0 Å². The Morgan fingerprint density at radius 2 is 2.06 bits per heavy atom. The molecular formula is C15H27N3. The molecule has 1 aliphatic carbocycles. The van der Waals surface area contributed by atoms with E-state index in [2.05, 4.69) is 56.6 Å². The monoisotopic (exact) mass is 249 g/mol. The van der Waals surface area contributed by atoms with Crippen LogP contribution >= 0.6 is 0 Å². The minimum absolute atomic E-state index is 0.404. The third-order valence-electron chi connectivity index (χ3n) is 4.56. The van der Waals surface area contributed by atoms with Crippen LogP contribution in [0.25, 0.3) is 0 Å². The van der Waals surface area contributed by atoms with Crippen LogP contribution in [0.5, 0.6) is 0 Å². The van der Waals surface area contributed by atoms with E-state index in [4.69, 9.17) is 0 Å². The molecule has 0 bridgehead atoms. The van der Waals surface area contributed by atoms with E-state index >= 15 is 0 Å². The molecule has 0 amide bonds. The lowest BCUT2D eigenvalue weighted by molar-refractivity contribution is 0.483. The summed E-state index contributed by atoms with van der Waals surface area (Å²) in [6.07, 6.45) is 1.36. The van der Waals surface area contributed by atoms with Crippen LogP contribution in [0.4, 0.5) is 0 Å². The van der Waals surface area contributed by atoms with E-state index in [9.17, 15) is 0 Å². The van der Waals surface area contributed by atoms with Crippen molar-refractivity contribution in [2.45, 2.75) is 60.5 Å². The maximum absolute atomic E-state index is 4.60. The van der Waals surface area contributed by atoms with Gasteiger partial charge in [0.15, 0.2) is 0 Å². The van der Waals surface area contributed by atoms with Gasteiger partial charge in [-0.3, -0.25) is 4.68 Å². The first-order valence-corrected chi connectivity index (χ1v) is 7.14. The molecule has 1 fully saturated rings. The average Bonchev–Trinajstić information content (AvgIpc) is 2.79. The zero-order valence-corrected chi connectivity index (χ0v) is 12.7. The lowest BCUT2D eigenvalue weighted by Crippen LogP contribution is -2.23. The summed E-state index contributed by atoms with van der Waals surface area (Å²) < 4.78 is 2.10. The van der Waals surface area contributed by atoms with Gasteiger partial charge in [0, 0.05) is 23.8 Å². The molecular weight excluding hydrogens is 222 g/mol. The summed E-state index contributed by atoms with van der Waals surface area (Å²) in [7, 11) is 0. The Morgan fingerprint density at radius 1 is 1.44 bits per heavy atom. The number of hydrogen-bond acceptors (Lipinski definition) is 2. The largest absolute Gasteiger partial charge is 0.310 e. The second kappa shape index (κ2) is 4.69. The van der Waals surface area contributed by atoms with Crippen LogP contribution in [-0.4, -0.2) is 16.3 Å². The number of aromatic nitrogens is 2. The SMILES string of the molecule is CCn1nc(C)c(C(C)NCC2CC2(C)C)c1C. The van der Waals surface area contributed by atoms with Crippen molar-refractivity contribution in [1.29, 1.82) is 0 Å². The fourth-order valence-corrected chi connectivity index (χ4v) is 2.99. The molecule has 1 heterocycles. The Morgan fingerprint density at radius 3 is 2.50 bits per heavy atom. The fraction of sp³-hybridized carbons (Fsp3) is 0.800. The van der Waals surface area contributed by atoms with E-state index in [1.165, 1.54) is 23.4 Å². The Hall–Kier alpha value is -0.830. The molecule has 1 N–H and O–H groups in total. The van der Waals surface area contributed by atoms with Crippen LogP contribution in [0.3, 0.4) is 0 Å². The first-order valence-electron chi connectivity index (χ1n) is 7.14. The smallest absolute Gasteiger partial charge is 0.0644 e. The molecule has 18 heavy (non-hydrogen) atoms. The van der Waals surface area contributed by atoms with Gasteiger partial charge in [-0.1, -0.05) is 13.8 Å². The average molecular weight is 249 g/mol. The van der Waals surface area contributed by atoms with Crippen molar-refractivity contribution in [1.82, 2.24) is 15.1 Å². The number of rotatable bonds is 5. The topological polar surface area (TPSA) is 29.9 Å². The molecule has 0 aliphatic heterocycles. The standard InChI is InChI=1S/C15H27N3/c1-7-18-12(4)14(11(3)17-18)10(2)16-9-13-8-15(13,5)6/h10,13,16H,7-9H2,1-6H3.